The molecule has 2 heterocycles. The number of ether oxygens (including phenoxy) is 1. The van der Waals surface area contributed by atoms with E-state index in [1.54, 1.807) is 20.8 Å². The maximum atomic E-state index is 12.1. The highest BCUT2D eigenvalue weighted by Crippen LogP contribution is 2.36. The molecule has 2 rings (SSSR count). The summed E-state index contributed by atoms with van der Waals surface area (Å²) >= 11 is 0. The molecule has 2 aliphatic heterocycles. The van der Waals surface area contributed by atoms with Gasteiger partial charge in [0.05, 0.1) is 6.04 Å². The van der Waals surface area contributed by atoms with Crippen LogP contribution in [0.1, 0.15) is 27.2 Å². The van der Waals surface area contributed by atoms with Crippen molar-refractivity contribution in [2.24, 2.45) is 0 Å². The molecular weight excluding hydrogens is 236 g/mol. The van der Waals surface area contributed by atoms with Crippen molar-refractivity contribution in [3.63, 3.8) is 0 Å². The van der Waals surface area contributed by atoms with E-state index in [9.17, 15) is 14.7 Å². The number of rotatable bonds is 1. The van der Waals surface area contributed by atoms with Gasteiger partial charge >= 0.3 is 12.1 Å². The van der Waals surface area contributed by atoms with Crippen molar-refractivity contribution in [1.82, 2.24) is 9.80 Å². The lowest BCUT2D eigenvalue weighted by Crippen LogP contribution is -2.58. The summed E-state index contributed by atoms with van der Waals surface area (Å²) in [6.07, 6.45) is 0.197. The molecule has 0 aromatic heterocycles. The second-order valence-corrected chi connectivity index (χ2v) is 6.07. The molecule has 0 radical (unpaired) electrons. The third-order valence-electron chi connectivity index (χ3n) is 3.49. The summed E-state index contributed by atoms with van der Waals surface area (Å²) < 4.78 is 5.30. The Kier molecular flexibility index (Phi) is 3.01. The Labute approximate surface area is 106 Å². The first-order chi connectivity index (χ1) is 8.20. The van der Waals surface area contributed by atoms with E-state index in [4.69, 9.17) is 4.74 Å². The minimum atomic E-state index is -0.958. The van der Waals surface area contributed by atoms with Crippen LogP contribution in [0.25, 0.3) is 0 Å². The molecule has 0 spiro atoms. The van der Waals surface area contributed by atoms with Crippen LogP contribution in [-0.2, 0) is 9.53 Å². The third kappa shape index (κ3) is 2.16. The summed E-state index contributed by atoms with van der Waals surface area (Å²) in [4.78, 5) is 26.8. The topological polar surface area (TPSA) is 70.1 Å². The average molecular weight is 256 g/mol. The van der Waals surface area contributed by atoms with Crippen molar-refractivity contribution in [3.8, 4) is 0 Å². The Bertz CT molecular complexity index is 377. The number of likely N-dealkylation sites (N-methyl/N-ethyl adjacent to an activating group) is 1. The highest BCUT2D eigenvalue weighted by atomic mass is 16.6. The van der Waals surface area contributed by atoms with E-state index in [0.717, 1.165) is 0 Å². The summed E-state index contributed by atoms with van der Waals surface area (Å²) in [5, 5.41) is 9.29. The molecule has 1 amide bonds. The fourth-order valence-corrected chi connectivity index (χ4v) is 2.85. The number of piperazine rings is 1. The summed E-state index contributed by atoms with van der Waals surface area (Å²) in [6.45, 7) is 6.05. The van der Waals surface area contributed by atoms with Gasteiger partial charge in [-0.15, -0.1) is 0 Å². The molecule has 18 heavy (non-hydrogen) atoms. The number of aliphatic carboxylic acids is 1. The van der Waals surface area contributed by atoms with Gasteiger partial charge in [0.1, 0.15) is 11.6 Å². The van der Waals surface area contributed by atoms with Gasteiger partial charge < -0.3 is 9.84 Å². The minimum Gasteiger partial charge on any atom is -0.480 e. The van der Waals surface area contributed by atoms with E-state index in [-0.39, 0.29) is 12.1 Å². The standard InChI is InChI=1S/C12H20N2O4/c1-12(2,3)18-11(17)14-7-5-8(13(4)6-7)9(14)10(15)16/h7-9H,5-6H2,1-4H3,(H,15,16)/t7-,8-,9?/m0/s1. The Morgan fingerprint density at radius 1 is 1.33 bits per heavy atom. The molecule has 0 aliphatic carbocycles. The lowest BCUT2D eigenvalue weighted by molar-refractivity contribution is -0.145. The number of carbonyl (C=O) groups is 2. The lowest BCUT2D eigenvalue weighted by Gasteiger charge is -2.37. The quantitative estimate of drug-likeness (QED) is 0.750. The second-order valence-electron chi connectivity index (χ2n) is 6.07. The average Bonchev–Trinajstić information content (AvgIpc) is 2.69. The number of amides is 1. The molecule has 2 aliphatic rings. The molecule has 2 bridgehead atoms. The van der Waals surface area contributed by atoms with Crippen molar-refractivity contribution in [2.45, 2.75) is 50.9 Å². The van der Waals surface area contributed by atoms with Crippen LogP contribution < -0.4 is 0 Å². The van der Waals surface area contributed by atoms with Gasteiger partial charge in [-0.25, -0.2) is 9.59 Å². The fourth-order valence-electron chi connectivity index (χ4n) is 2.85. The number of carboxylic acid groups (broad SMARTS) is 1. The number of carbonyl (C=O) groups excluding carboxylic acids is 1. The summed E-state index contributed by atoms with van der Waals surface area (Å²) in [5.41, 5.74) is -0.603. The first-order valence-corrected chi connectivity index (χ1v) is 6.15. The highest BCUT2D eigenvalue weighted by molar-refractivity contribution is 5.82. The van der Waals surface area contributed by atoms with Crippen LogP contribution in [0, 0.1) is 0 Å². The molecule has 2 saturated heterocycles. The van der Waals surface area contributed by atoms with Crippen molar-refractivity contribution < 1.29 is 19.4 Å². The molecule has 6 nitrogen and oxygen atoms in total. The molecule has 0 saturated carbocycles. The van der Waals surface area contributed by atoms with Crippen LogP contribution in [0.4, 0.5) is 4.79 Å². The predicted octanol–water partition coefficient (Wildman–Crippen LogP) is 0.763. The van der Waals surface area contributed by atoms with E-state index in [2.05, 4.69) is 0 Å². The van der Waals surface area contributed by atoms with Gasteiger partial charge in [-0.3, -0.25) is 9.80 Å². The van der Waals surface area contributed by atoms with Crippen molar-refractivity contribution in [3.05, 3.63) is 0 Å². The maximum Gasteiger partial charge on any atom is 0.411 e. The molecular formula is C12H20N2O4. The largest absolute Gasteiger partial charge is 0.480 e. The van der Waals surface area contributed by atoms with Crippen LogP contribution >= 0.6 is 0 Å². The predicted molar refractivity (Wildman–Crippen MR) is 64.3 cm³/mol. The SMILES string of the molecule is CN1C[C@@H]2C[C@H]1C(C(=O)O)N2C(=O)OC(C)(C)C. The molecule has 2 fully saturated rings. The van der Waals surface area contributed by atoms with Crippen LogP contribution in [0.15, 0.2) is 0 Å². The van der Waals surface area contributed by atoms with Crippen LogP contribution in [0.5, 0.6) is 0 Å². The van der Waals surface area contributed by atoms with Crippen molar-refractivity contribution >= 4 is 12.1 Å². The summed E-state index contributed by atoms with van der Waals surface area (Å²) in [5.74, 6) is -0.958. The van der Waals surface area contributed by atoms with E-state index in [1.807, 2.05) is 11.9 Å². The number of fused-ring (bicyclic) bond motifs is 2. The first-order valence-electron chi connectivity index (χ1n) is 6.15. The van der Waals surface area contributed by atoms with Gasteiger partial charge in [-0.1, -0.05) is 0 Å². The third-order valence-corrected chi connectivity index (χ3v) is 3.49. The van der Waals surface area contributed by atoms with Gasteiger partial charge in [-0.2, -0.15) is 0 Å². The number of hydrogen-bond acceptors (Lipinski definition) is 4. The molecule has 1 N–H and O–H groups in total. The number of carboxylic acids is 1. The highest BCUT2D eigenvalue weighted by Gasteiger charge is 2.55. The Morgan fingerprint density at radius 2 is 1.94 bits per heavy atom. The van der Waals surface area contributed by atoms with Crippen LogP contribution in [0.3, 0.4) is 0 Å². The van der Waals surface area contributed by atoms with Crippen molar-refractivity contribution in [1.29, 1.82) is 0 Å². The van der Waals surface area contributed by atoms with E-state index in [1.165, 1.54) is 4.90 Å². The summed E-state index contributed by atoms with van der Waals surface area (Å²) in [6, 6.07) is -0.931. The van der Waals surface area contributed by atoms with Gasteiger partial charge in [0.15, 0.2) is 0 Å². The van der Waals surface area contributed by atoms with Crippen LogP contribution in [-0.4, -0.2) is 64.3 Å². The molecule has 0 aromatic carbocycles. The zero-order valence-corrected chi connectivity index (χ0v) is 11.2. The van der Waals surface area contributed by atoms with E-state index in [0.29, 0.717) is 13.0 Å². The smallest absolute Gasteiger partial charge is 0.411 e. The Morgan fingerprint density at radius 3 is 2.44 bits per heavy atom. The molecule has 102 valence electrons. The molecule has 6 heteroatoms. The minimum absolute atomic E-state index is 0.0454. The first kappa shape index (κ1) is 13.1. The van der Waals surface area contributed by atoms with Gasteiger partial charge in [0, 0.05) is 12.6 Å². The van der Waals surface area contributed by atoms with Gasteiger partial charge in [0.2, 0.25) is 0 Å². The van der Waals surface area contributed by atoms with E-state index < -0.39 is 23.7 Å². The zero-order valence-electron chi connectivity index (χ0n) is 11.2. The van der Waals surface area contributed by atoms with Gasteiger partial charge in [0.25, 0.3) is 0 Å². The molecule has 0 aromatic rings. The fraction of sp³-hybridized carbons (Fsp3) is 0.833. The number of likely N-dealkylation sites (tertiary alicyclic amines) is 2. The maximum absolute atomic E-state index is 12.1. The number of hydrogen-bond donors (Lipinski definition) is 1. The van der Waals surface area contributed by atoms with Crippen LogP contribution in [0.2, 0.25) is 0 Å². The monoisotopic (exact) mass is 256 g/mol. The number of nitrogens with zero attached hydrogens (tertiary/aromatic N) is 2. The normalized spacial score (nSPS) is 31.8. The molecule has 1 unspecified atom stereocenters. The molecule has 3 atom stereocenters. The Hall–Kier alpha value is -1.30. The lowest BCUT2D eigenvalue weighted by atomic mass is 10.1. The van der Waals surface area contributed by atoms with E-state index >= 15 is 0 Å². The van der Waals surface area contributed by atoms with Crippen molar-refractivity contribution in [2.75, 3.05) is 13.6 Å². The Balaban J connectivity index is 2.17. The summed E-state index contributed by atoms with van der Waals surface area (Å²) in [7, 11) is 1.90. The second kappa shape index (κ2) is 4.12. The zero-order chi connectivity index (χ0) is 13.7. The van der Waals surface area contributed by atoms with Gasteiger partial charge in [-0.05, 0) is 34.2 Å².